The molecular formula is C70H48N5O2Pt-3. The molecule has 0 unspecified atom stereocenters. The fourth-order valence-corrected chi connectivity index (χ4v) is 11.8. The molecule has 9 aromatic carbocycles. The predicted octanol–water partition coefficient (Wildman–Crippen LogP) is 18.1. The average molecular weight is 1190 g/mol. The van der Waals surface area contributed by atoms with E-state index in [-0.39, 0.29) is 26.5 Å². The van der Waals surface area contributed by atoms with Gasteiger partial charge in [0.2, 0.25) is 5.88 Å². The van der Waals surface area contributed by atoms with E-state index in [1.54, 1.807) is 6.26 Å². The van der Waals surface area contributed by atoms with Gasteiger partial charge in [0.1, 0.15) is 5.82 Å². The summed E-state index contributed by atoms with van der Waals surface area (Å²) in [6.45, 7) is 8.90. The zero-order chi connectivity index (χ0) is 51.4. The first-order chi connectivity index (χ1) is 37.9. The molecule has 3 aliphatic rings. The Morgan fingerprint density at radius 3 is 1.99 bits per heavy atom. The summed E-state index contributed by atoms with van der Waals surface area (Å²) in [7, 11) is 0. The van der Waals surface area contributed by atoms with Gasteiger partial charge in [0.25, 0.3) is 0 Å². The number of para-hydroxylation sites is 4. The minimum atomic E-state index is -0.114. The largest absolute Gasteiger partial charge is 0.509 e. The molecule has 0 saturated heterocycles. The van der Waals surface area contributed by atoms with E-state index in [1.807, 2.05) is 36.5 Å². The van der Waals surface area contributed by atoms with E-state index in [1.165, 1.54) is 5.56 Å². The third-order valence-electron chi connectivity index (χ3n) is 15.3. The summed E-state index contributed by atoms with van der Waals surface area (Å²) >= 11 is 0. The summed E-state index contributed by atoms with van der Waals surface area (Å²) in [5, 5.41) is 3.25. The molecule has 12 aromatic rings. The van der Waals surface area contributed by atoms with Crippen molar-refractivity contribution >= 4 is 61.5 Å². The molecule has 0 N–H and O–H groups in total. The number of nitrogens with zero attached hydrogens (tertiary/aromatic N) is 5. The standard InChI is InChI=1S/C70H48N5O2.Pt/c1-70(2,3)47-38-39-71-64(41-47)74-61-36-37-62-65(54-26-11-10-25-53(54)55-30-18-31-56-57-27-14-15-40-76-69(57)75(62)68(55)56)66(61)58-35-34-50(43-63(58)74)77-49-24-16-23-48(42-49)72-44-73(60-33-13-12-32-59(60)72)67-51(45-19-6-4-7-20-45)28-17-29-52(67)46-21-8-5-9-22-46;/h4-41,44H,1-3H3;/q-3;. The molecular weight excluding hydrogens is 1140 g/mol. The quantitative estimate of drug-likeness (QED) is 0.149. The molecule has 0 fully saturated rings. The van der Waals surface area contributed by atoms with Gasteiger partial charge >= 0.3 is 0 Å². The minimum Gasteiger partial charge on any atom is -0.509 e. The smallest absolute Gasteiger partial charge is 0.212 e. The first kappa shape index (κ1) is 47.3. The topological polar surface area (TPSA) is 47.7 Å². The molecule has 78 heavy (non-hydrogen) atoms. The molecule has 0 spiro atoms. The van der Waals surface area contributed by atoms with E-state index in [2.05, 4.69) is 247 Å². The van der Waals surface area contributed by atoms with Gasteiger partial charge in [-0.2, -0.15) is 12.1 Å². The van der Waals surface area contributed by atoms with Crippen LogP contribution < -0.4 is 19.3 Å². The third kappa shape index (κ3) is 7.48. The van der Waals surface area contributed by atoms with Crippen molar-refractivity contribution in [3.63, 3.8) is 0 Å². The van der Waals surface area contributed by atoms with Crippen molar-refractivity contribution < 1.29 is 30.5 Å². The summed E-state index contributed by atoms with van der Waals surface area (Å²) in [5.41, 5.74) is 19.2. The van der Waals surface area contributed by atoms with Crippen LogP contribution in [0.4, 0.5) is 22.7 Å². The number of pyridine rings is 1. The second-order valence-electron chi connectivity index (χ2n) is 20.8. The van der Waals surface area contributed by atoms with Crippen molar-refractivity contribution in [2.24, 2.45) is 0 Å². The van der Waals surface area contributed by atoms with Gasteiger partial charge in [-0.15, -0.1) is 48.1 Å². The van der Waals surface area contributed by atoms with E-state index in [0.717, 1.165) is 123 Å². The number of aromatic nitrogens is 3. The van der Waals surface area contributed by atoms with Gasteiger partial charge in [-0.25, -0.2) is 4.98 Å². The third-order valence-corrected chi connectivity index (χ3v) is 15.3. The van der Waals surface area contributed by atoms with Crippen molar-refractivity contribution in [3.8, 4) is 73.4 Å². The number of hydrogen-bond donors (Lipinski definition) is 0. The van der Waals surface area contributed by atoms with Crippen LogP contribution in [0.3, 0.4) is 0 Å². The van der Waals surface area contributed by atoms with E-state index in [4.69, 9.17) is 14.5 Å². The molecule has 0 bridgehead atoms. The summed E-state index contributed by atoms with van der Waals surface area (Å²) in [6.07, 6.45) is 9.84. The molecule has 0 radical (unpaired) electrons. The van der Waals surface area contributed by atoms with Crippen LogP contribution in [0.2, 0.25) is 0 Å². The summed E-state index contributed by atoms with van der Waals surface area (Å²) in [5.74, 6) is 2.71. The SMILES string of the molecule is CC(C)(C)c1ccnc(-n2c3[c-]c(Oc4[c-]c(N5[CH-]N(c6c(-c7ccccc7)cccc6-c6ccccc6)c6ccccc65)ccc4)ccc3c3c4c(ccc32)-n2c3c(c5cccc(c52)-c2ccccc2-4)C=CC=CO3)c1.[Pt]. The Morgan fingerprint density at radius 2 is 1.22 bits per heavy atom. The summed E-state index contributed by atoms with van der Waals surface area (Å²) in [6, 6.07) is 78.3. The Bertz CT molecular complexity index is 4370. The van der Waals surface area contributed by atoms with Crippen molar-refractivity contribution in [2.45, 2.75) is 26.2 Å². The molecule has 3 aliphatic heterocycles. The van der Waals surface area contributed by atoms with Crippen LogP contribution in [0.1, 0.15) is 31.9 Å². The van der Waals surface area contributed by atoms with Crippen molar-refractivity contribution in [1.82, 2.24) is 14.1 Å². The van der Waals surface area contributed by atoms with Gasteiger partial charge in [-0.05, 0) is 87.2 Å². The summed E-state index contributed by atoms with van der Waals surface area (Å²) in [4.78, 5) is 9.62. The number of ether oxygens (including phenoxy) is 2. The fourth-order valence-electron chi connectivity index (χ4n) is 11.8. The molecule has 0 amide bonds. The maximum atomic E-state index is 6.91. The number of allylic oxidation sites excluding steroid dienone is 2. The number of rotatable bonds is 7. The Balaban J connectivity index is 0.00000552. The van der Waals surface area contributed by atoms with E-state index < -0.39 is 0 Å². The van der Waals surface area contributed by atoms with Crippen molar-refractivity contribution in [3.05, 3.63) is 255 Å². The average Bonchev–Trinajstić information content (AvgIpc) is 4.24. The normalized spacial score (nSPS) is 13.1. The molecule has 0 saturated carbocycles. The van der Waals surface area contributed by atoms with Gasteiger partial charge in [0.05, 0.1) is 17.5 Å². The molecule has 0 atom stereocenters. The molecule has 15 rings (SSSR count). The molecule has 7 nitrogen and oxygen atoms in total. The van der Waals surface area contributed by atoms with Crippen LogP contribution >= 0.6 is 0 Å². The first-order valence-electron chi connectivity index (χ1n) is 26.1. The summed E-state index contributed by atoms with van der Waals surface area (Å²) < 4.78 is 18.0. The van der Waals surface area contributed by atoms with E-state index >= 15 is 0 Å². The Labute approximate surface area is 467 Å². The van der Waals surface area contributed by atoms with E-state index in [0.29, 0.717) is 11.5 Å². The predicted molar refractivity (Wildman–Crippen MR) is 314 cm³/mol. The minimum absolute atomic E-state index is 0. The van der Waals surface area contributed by atoms with Crippen LogP contribution in [-0.2, 0) is 26.5 Å². The number of hydrogen-bond acceptors (Lipinski definition) is 5. The van der Waals surface area contributed by atoms with Crippen LogP contribution in [0.5, 0.6) is 17.4 Å². The molecule has 0 aliphatic carbocycles. The van der Waals surface area contributed by atoms with Gasteiger partial charge < -0.3 is 23.8 Å². The number of fused-ring (bicyclic) bond motifs is 13. The second kappa shape index (κ2) is 18.5. The molecule has 3 aromatic heterocycles. The van der Waals surface area contributed by atoms with Gasteiger partial charge in [-0.3, -0.25) is 4.57 Å². The molecule has 8 heteroatoms. The number of anilines is 4. The maximum absolute atomic E-state index is 6.91. The van der Waals surface area contributed by atoms with Crippen molar-refractivity contribution in [1.29, 1.82) is 0 Å². The zero-order valence-electron chi connectivity index (χ0n) is 42.9. The van der Waals surface area contributed by atoms with E-state index in [9.17, 15) is 0 Å². The Kier molecular flexibility index (Phi) is 11.2. The van der Waals surface area contributed by atoms with Crippen LogP contribution in [0, 0.1) is 18.8 Å². The fraction of sp³-hybridized carbons (Fsp3) is 0.0571. The number of benzene rings is 9. The van der Waals surface area contributed by atoms with Crippen molar-refractivity contribution in [2.75, 3.05) is 9.80 Å². The maximum Gasteiger partial charge on any atom is 0.212 e. The van der Waals surface area contributed by atoms with Crippen LogP contribution in [0.15, 0.2) is 225 Å². The van der Waals surface area contributed by atoms with Gasteiger partial charge in [0.15, 0.2) is 0 Å². The molecule has 378 valence electrons. The van der Waals surface area contributed by atoms with Gasteiger partial charge in [-0.1, -0.05) is 166 Å². The zero-order valence-corrected chi connectivity index (χ0v) is 45.2. The molecule has 6 heterocycles. The van der Waals surface area contributed by atoms with Crippen LogP contribution in [0.25, 0.3) is 94.8 Å². The monoisotopic (exact) mass is 1190 g/mol. The van der Waals surface area contributed by atoms with Gasteiger partial charge in [0, 0.05) is 94.5 Å². The Hall–Kier alpha value is -9.16. The Morgan fingerprint density at radius 1 is 0.551 bits per heavy atom. The van der Waals surface area contributed by atoms with Crippen LogP contribution in [-0.4, -0.2) is 14.1 Å². The first-order valence-corrected chi connectivity index (χ1v) is 26.1. The second-order valence-corrected chi connectivity index (χ2v) is 20.8.